The molecule has 124 valence electrons. The first-order chi connectivity index (χ1) is 11.0. The van der Waals surface area contributed by atoms with Gasteiger partial charge in [-0.2, -0.15) is 0 Å². The Morgan fingerprint density at radius 3 is 2.70 bits per heavy atom. The van der Waals surface area contributed by atoms with Crippen molar-refractivity contribution in [1.29, 1.82) is 0 Å². The maximum Gasteiger partial charge on any atom is 0.290 e. The van der Waals surface area contributed by atoms with Crippen LogP contribution < -0.4 is 0 Å². The second-order valence-corrected chi connectivity index (χ2v) is 5.38. The standard InChI is InChI=1S/C17H21NO5/c1-3-13(20)14-15(11-6-4-7-12(19)10-11)18(8-5-9-23-2)17(22)16(14)21/h4,6-7,10,15,19,21H,3,5,8-9H2,1-2H3. The van der Waals surface area contributed by atoms with Crippen LogP contribution in [0, 0.1) is 0 Å². The number of ether oxygens (including phenoxy) is 1. The lowest BCUT2D eigenvalue weighted by Crippen LogP contribution is -2.32. The molecule has 2 N–H and O–H groups in total. The van der Waals surface area contributed by atoms with E-state index in [2.05, 4.69) is 0 Å². The van der Waals surface area contributed by atoms with Gasteiger partial charge in [0, 0.05) is 26.7 Å². The van der Waals surface area contributed by atoms with Crippen LogP contribution in [-0.2, 0) is 14.3 Å². The minimum atomic E-state index is -0.682. The van der Waals surface area contributed by atoms with Crippen LogP contribution in [0.15, 0.2) is 35.6 Å². The Morgan fingerprint density at radius 1 is 1.35 bits per heavy atom. The Kier molecular flexibility index (Phi) is 5.39. The summed E-state index contributed by atoms with van der Waals surface area (Å²) >= 11 is 0. The summed E-state index contributed by atoms with van der Waals surface area (Å²) in [7, 11) is 1.57. The zero-order valence-corrected chi connectivity index (χ0v) is 13.3. The maximum atomic E-state index is 12.4. The molecule has 1 aromatic rings. The molecule has 6 heteroatoms. The van der Waals surface area contributed by atoms with Gasteiger partial charge in [-0.3, -0.25) is 9.59 Å². The first kappa shape index (κ1) is 17.0. The molecule has 0 bridgehead atoms. The van der Waals surface area contributed by atoms with Gasteiger partial charge in [-0.15, -0.1) is 0 Å². The number of amides is 1. The van der Waals surface area contributed by atoms with E-state index in [1.165, 1.54) is 17.0 Å². The molecule has 0 aliphatic carbocycles. The topological polar surface area (TPSA) is 87.1 Å². The van der Waals surface area contributed by atoms with Crippen molar-refractivity contribution in [2.45, 2.75) is 25.8 Å². The van der Waals surface area contributed by atoms with Gasteiger partial charge in [0.1, 0.15) is 5.75 Å². The Morgan fingerprint density at radius 2 is 2.09 bits per heavy atom. The molecular weight excluding hydrogens is 298 g/mol. The summed E-state index contributed by atoms with van der Waals surface area (Å²) in [4.78, 5) is 26.0. The van der Waals surface area contributed by atoms with E-state index in [-0.39, 0.29) is 23.5 Å². The van der Waals surface area contributed by atoms with Crippen LogP contribution in [0.5, 0.6) is 5.75 Å². The number of aliphatic hydroxyl groups excluding tert-OH is 1. The van der Waals surface area contributed by atoms with Gasteiger partial charge in [-0.1, -0.05) is 19.1 Å². The molecule has 1 atom stereocenters. The van der Waals surface area contributed by atoms with Gasteiger partial charge in [0.2, 0.25) is 0 Å². The number of hydrogen-bond acceptors (Lipinski definition) is 5. The first-order valence-electron chi connectivity index (χ1n) is 7.56. The zero-order valence-electron chi connectivity index (χ0n) is 13.3. The number of methoxy groups -OCH3 is 1. The summed E-state index contributed by atoms with van der Waals surface area (Å²) < 4.78 is 5.00. The predicted molar refractivity (Wildman–Crippen MR) is 84.0 cm³/mol. The molecule has 0 aromatic heterocycles. The van der Waals surface area contributed by atoms with Crippen molar-refractivity contribution >= 4 is 11.7 Å². The summed E-state index contributed by atoms with van der Waals surface area (Å²) in [6.07, 6.45) is 0.770. The molecule has 1 unspecified atom stereocenters. The minimum absolute atomic E-state index is 0.0430. The van der Waals surface area contributed by atoms with Gasteiger partial charge >= 0.3 is 0 Å². The summed E-state index contributed by atoms with van der Waals surface area (Å²) in [5.74, 6) is -1.30. The maximum absolute atomic E-state index is 12.4. The molecule has 0 saturated carbocycles. The lowest BCUT2D eigenvalue weighted by Gasteiger charge is -2.26. The lowest BCUT2D eigenvalue weighted by molar-refractivity contribution is -0.129. The van der Waals surface area contributed by atoms with Gasteiger partial charge in [-0.05, 0) is 24.1 Å². The van der Waals surface area contributed by atoms with Crippen molar-refractivity contribution in [3.63, 3.8) is 0 Å². The Bertz CT molecular complexity index is 638. The molecule has 1 aliphatic heterocycles. The summed E-state index contributed by atoms with van der Waals surface area (Å²) in [6.45, 7) is 2.49. The minimum Gasteiger partial charge on any atom is -0.508 e. The van der Waals surface area contributed by atoms with Crippen molar-refractivity contribution in [2.24, 2.45) is 0 Å². The molecule has 1 heterocycles. The predicted octanol–water partition coefficient (Wildman–Crippen LogP) is 2.10. The number of benzene rings is 1. The Balaban J connectivity index is 2.43. The van der Waals surface area contributed by atoms with Crippen LogP contribution in [0.1, 0.15) is 31.4 Å². The highest BCUT2D eigenvalue weighted by Gasteiger charge is 2.42. The molecule has 0 spiro atoms. The van der Waals surface area contributed by atoms with E-state index in [4.69, 9.17) is 4.74 Å². The molecule has 0 fully saturated rings. The van der Waals surface area contributed by atoms with E-state index >= 15 is 0 Å². The molecular formula is C17H21NO5. The van der Waals surface area contributed by atoms with Crippen LogP contribution >= 0.6 is 0 Å². The second kappa shape index (κ2) is 7.28. The number of rotatable bonds is 7. The van der Waals surface area contributed by atoms with Gasteiger partial charge < -0.3 is 19.8 Å². The van der Waals surface area contributed by atoms with Crippen LogP contribution in [0.3, 0.4) is 0 Å². The number of aromatic hydroxyl groups is 1. The zero-order chi connectivity index (χ0) is 17.0. The quantitative estimate of drug-likeness (QED) is 0.752. The number of aliphatic hydroxyl groups is 1. The Labute approximate surface area is 135 Å². The summed E-state index contributed by atoms with van der Waals surface area (Å²) in [5.41, 5.74) is 0.692. The van der Waals surface area contributed by atoms with Crippen LogP contribution in [0.25, 0.3) is 0 Å². The third kappa shape index (κ3) is 3.37. The number of carbonyl (C=O) groups excluding carboxylic acids is 2. The lowest BCUT2D eigenvalue weighted by atomic mass is 9.95. The number of hydrogen-bond donors (Lipinski definition) is 2. The number of phenols is 1. The largest absolute Gasteiger partial charge is 0.508 e. The van der Waals surface area contributed by atoms with Crippen molar-refractivity contribution in [2.75, 3.05) is 20.3 Å². The van der Waals surface area contributed by atoms with Gasteiger partial charge in [0.15, 0.2) is 11.5 Å². The van der Waals surface area contributed by atoms with Crippen molar-refractivity contribution < 1.29 is 24.5 Å². The van der Waals surface area contributed by atoms with Crippen LogP contribution in [-0.4, -0.2) is 47.1 Å². The highest BCUT2D eigenvalue weighted by molar-refractivity contribution is 6.08. The first-order valence-corrected chi connectivity index (χ1v) is 7.56. The Hall–Kier alpha value is -2.34. The third-order valence-corrected chi connectivity index (χ3v) is 3.86. The number of nitrogens with zero attached hydrogens (tertiary/aromatic N) is 1. The van der Waals surface area contributed by atoms with Crippen molar-refractivity contribution in [3.05, 3.63) is 41.2 Å². The molecule has 0 radical (unpaired) electrons. The van der Waals surface area contributed by atoms with E-state index in [0.717, 1.165) is 0 Å². The van der Waals surface area contributed by atoms with E-state index in [0.29, 0.717) is 25.1 Å². The summed E-state index contributed by atoms with van der Waals surface area (Å²) in [6, 6.07) is 5.70. The molecule has 1 amide bonds. The normalized spacial score (nSPS) is 17.9. The molecule has 0 saturated heterocycles. The molecule has 6 nitrogen and oxygen atoms in total. The average molecular weight is 319 g/mol. The number of ketones is 1. The number of carbonyl (C=O) groups is 2. The fourth-order valence-electron chi connectivity index (χ4n) is 2.78. The molecule has 23 heavy (non-hydrogen) atoms. The molecule has 1 aromatic carbocycles. The van der Waals surface area contributed by atoms with E-state index < -0.39 is 17.7 Å². The molecule has 2 rings (SSSR count). The van der Waals surface area contributed by atoms with Crippen LogP contribution in [0.2, 0.25) is 0 Å². The highest BCUT2D eigenvalue weighted by Crippen LogP contribution is 2.38. The number of Topliss-reactive ketones (excluding diaryl/α,β-unsaturated/α-hetero) is 1. The van der Waals surface area contributed by atoms with Gasteiger partial charge in [0.05, 0.1) is 11.6 Å². The van der Waals surface area contributed by atoms with Crippen molar-refractivity contribution in [3.8, 4) is 5.75 Å². The third-order valence-electron chi connectivity index (χ3n) is 3.86. The van der Waals surface area contributed by atoms with E-state index in [1.54, 1.807) is 26.2 Å². The fraction of sp³-hybridized carbons (Fsp3) is 0.412. The fourth-order valence-corrected chi connectivity index (χ4v) is 2.78. The SMILES string of the molecule is CCC(=O)C1=C(O)C(=O)N(CCCOC)C1c1cccc(O)c1. The van der Waals surface area contributed by atoms with Crippen molar-refractivity contribution in [1.82, 2.24) is 4.90 Å². The monoisotopic (exact) mass is 319 g/mol. The second-order valence-electron chi connectivity index (χ2n) is 5.38. The van der Waals surface area contributed by atoms with E-state index in [9.17, 15) is 19.8 Å². The van der Waals surface area contributed by atoms with Crippen LogP contribution in [0.4, 0.5) is 0 Å². The summed E-state index contributed by atoms with van der Waals surface area (Å²) in [5, 5.41) is 19.9. The number of phenolic OH excluding ortho intramolecular Hbond substituents is 1. The smallest absolute Gasteiger partial charge is 0.290 e. The average Bonchev–Trinajstić information content (AvgIpc) is 2.79. The van der Waals surface area contributed by atoms with Gasteiger partial charge in [-0.25, -0.2) is 0 Å². The van der Waals surface area contributed by atoms with Gasteiger partial charge in [0.25, 0.3) is 5.91 Å². The molecule has 1 aliphatic rings. The van der Waals surface area contributed by atoms with E-state index in [1.807, 2.05) is 0 Å². The highest BCUT2D eigenvalue weighted by atomic mass is 16.5.